The van der Waals surface area contributed by atoms with Crippen LogP contribution >= 0.6 is 11.6 Å². The number of aromatic nitrogens is 3. The summed E-state index contributed by atoms with van der Waals surface area (Å²) < 4.78 is 1.27. The lowest BCUT2D eigenvalue weighted by Gasteiger charge is -1.98. The third-order valence-electron chi connectivity index (χ3n) is 1.61. The van der Waals surface area contributed by atoms with Gasteiger partial charge in [0.15, 0.2) is 5.65 Å². The zero-order chi connectivity index (χ0) is 9.42. The molecule has 0 aliphatic rings. The van der Waals surface area contributed by atoms with Crippen molar-refractivity contribution >= 4 is 23.2 Å². The maximum Gasteiger partial charge on any atom is 0.353 e. The Bertz CT molecular complexity index is 480. The van der Waals surface area contributed by atoms with Crippen molar-refractivity contribution < 1.29 is 9.90 Å². The van der Waals surface area contributed by atoms with Gasteiger partial charge in [-0.3, -0.25) is 4.40 Å². The molecule has 0 aliphatic heterocycles. The number of rotatable bonds is 1. The largest absolute Gasteiger partial charge is 0.477 e. The second kappa shape index (κ2) is 2.70. The van der Waals surface area contributed by atoms with Gasteiger partial charge >= 0.3 is 5.97 Å². The van der Waals surface area contributed by atoms with Gasteiger partial charge < -0.3 is 5.11 Å². The molecule has 2 aromatic heterocycles. The van der Waals surface area contributed by atoms with E-state index < -0.39 is 5.97 Å². The van der Waals surface area contributed by atoms with Crippen LogP contribution in [0.15, 0.2) is 18.2 Å². The van der Waals surface area contributed by atoms with E-state index in [-0.39, 0.29) is 11.0 Å². The van der Waals surface area contributed by atoms with Crippen molar-refractivity contribution in [2.45, 2.75) is 0 Å². The molecule has 0 saturated carbocycles. The van der Waals surface area contributed by atoms with Gasteiger partial charge in [-0.25, -0.2) is 4.79 Å². The van der Waals surface area contributed by atoms with Gasteiger partial charge in [0.25, 0.3) is 0 Å². The van der Waals surface area contributed by atoms with Gasteiger partial charge in [0.05, 0.1) is 0 Å². The molecular formula is C7H4ClN3O2. The molecule has 1 N–H and O–H groups in total. The van der Waals surface area contributed by atoms with Crippen LogP contribution in [0, 0.1) is 0 Å². The molecule has 0 aromatic carbocycles. The molecule has 0 aliphatic carbocycles. The Morgan fingerprint density at radius 2 is 2.23 bits per heavy atom. The Balaban J connectivity index is 2.88. The molecule has 6 heteroatoms. The third kappa shape index (κ3) is 1.13. The zero-order valence-corrected chi connectivity index (χ0v) is 7.06. The summed E-state index contributed by atoms with van der Waals surface area (Å²) in [5.74, 6) is -1.06. The Morgan fingerprint density at radius 1 is 1.46 bits per heavy atom. The molecule has 66 valence electrons. The Morgan fingerprint density at radius 3 is 2.92 bits per heavy atom. The number of aromatic carboxylic acids is 1. The summed E-state index contributed by atoms with van der Waals surface area (Å²) in [6.07, 6.45) is 0. The first-order valence-electron chi connectivity index (χ1n) is 3.43. The molecule has 2 heterocycles. The highest BCUT2D eigenvalue weighted by molar-refractivity contribution is 6.28. The van der Waals surface area contributed by atoms with Crippen molar-refractivity contribution in [3.8, 4) is 0 Å². The normalized spacial score (nSPS) is 10.5. The Hall–Kier alpha value is -1.62. The molecule has 0 spiro atoms. The molecule has 0 amide bonds. The molecule has 0 saturated heterocycles. The van der Waals surface area contributed by atoms with Crippen LogP contribution in [0.5, 0.6) is 0 Å². The van der Waals surface area contributed by atoms with Crippen molar-refractivity contribution in [2.75, 3.05) is 0 Å². The third-order valence-corrected chi connectivity index (χ3v) is 1.85. The minimum Gasteiger partial charge on any atom is -0.477 e. The highest BCUT2D eigenvalue weighted by Gasteiger charge is 2.11. The first-order valence-corrected chi connectivity index (χ1v) is 3.81. The van der Waals surface area contributed by atoms with Crippen molar-refractivity contribution in [1.29, 1.82) is 0 Å². The fraction of sp³-hybridized carbons (Fsp3) is 0. The van der Waals surface area contributed by atoms with E-state index in [2.05, 4.69) is 10.2 Å². The molecule has 0 fully saturated rings. The van der Waals surface area contributed by atoms with E-state index in [1.54, 1.807) is 12.1 Å². The van der Waals surface area contributed by atoms with Gasteiger partial charge in [-0.15, -0.1) is 10.2 Å². The van der Waals surface area contributed by atoms with Gasteiger partial charge in [0.1, 0.15) is 5.69 Å². The lowest BCUT2D eigenvalue weighted by atomic mass is 10.3. The van der Waals surface area contributed by atoms with Crippen LogP contribution < -0.4 is 0 Å². The van der Waals surface area contributed by atoms with E-state index >= 15 is 0 Å². The number of carboxylic acid groups (broad SMARTS) is 1. The second-order valence-electron chi connectivity index (χ2n) is 2.38. The predicted molar refractivity (Wildman–Crippen MR) is 45.0 cm³/mol. The molecule has 0 unspecified atom stereocenters. The quantitative estimate of drug-likeness (QED) is 0.743. The van der Waals surface area contributed by atoms with Crippen molar-refractivity contribution in [2.24, 2.45) is 0 Å². The van der Waals surface area contributed by atoms with Crippen LogP contribution in [0.2, 0.25) is 5.28 Å². The first-order chi connectivity index (χ1) is 6.20. The van der Waals surface area contributed by atoms with Crippen LogP contribution in [0.25, 0.3) is 5.65 Å². The summed E-state index contributed by atoms with van der Waals surface area (Å²) in [6.45, 7) is 0. The number of fused-ring (bicyclic) bond motifs is 1. The minimum atomic E-state index is -1.06. The molecular weight excluding hydrogens is 194 g/mol. The maximum atomic E-state index is 10.7. The summed E-state index contributed by atoms with van der Waals surface area (Å²) in [6, 6.07) is 4.65. The van der Waals surface area contributed by atoms with Crippen LogP contribution in [0.4, 0.5) is 0 Å². The Labute approximate surface area is 77.6 Å². The lowest BCUT2D eigenvalue weighted by Crippen LogP contribution is -2.04. The van der Waals surface area contributed by atoms with Gasteiger partial charge in [-0.05, 0) is 23.7 Å². The predicted octanol–water partition coefficient (Wildman–Crippen LogP) is 1.08. The molecule has 2 aromatic rings. The van der Waals surface area contributed by atoms with Crippen molar-refractivity contribution in [1.82, 2.24) is 14.6 Å². The van der Waals surface area contributed by atoms with Crippen molar-refractivity contribution in [3.63, 3.8) is 0 Å². The topological polar surface area (TPSA) is 67.5 Å². The van der Waals surface area contributed by atoms with Gasteiger partial charge in [-0.2, -0.15) is 0 Å². The monoisotopic (exact) mass is 197 g/mol. The summed E-state index contributed by atoms with van der Waals surface area (Å²) >= 11 is 5.65. The van der Waals surface area contributed by atoms with E-state index in [0.29, 0.717) is 5.65 Å². The number of hydrogen-bond donors (Lipinski definition) is 1. The molecule has 0 atom stereocenters. The number of nitrogens with zero attached hydrogens (tertiary/aromatic N) is 3. The number of pyridine rings is 1. The number of carboxylic acids is 1. The molecule has 2 rings (SSSR count). The van der Waals surface area contributed by atoms with E-state index in [1.807, 2.05) is 0 Å². The van der Waals surface area contributed by atoms with Crippen LogP contribution in [0.1, 0.15) is 10.5 Å². The fourth-order valence-corrected chi connectivity index (χ4v) is 1.29. The van der Waals surface area contributed by atoms with Gasteiger partial charge in [-0.1, -0.05) is 6.07 Å². The molecule has 0 radical (unpaired) electrons. The first kappa shape index (κ1) is 8.00. The van der Waals surface area contributed by atoms with Crippen LogP contribution in [0.3, 0.4) is 0 Å². The number of carbonyl (C=O) groups is 1. The van der Waals surface area contributed by atoms with E-state index in [0.717, 1.165) is 0 Å². The average Bonchev–Trinajstić information content (AvgIpc) is 2.48. The highest BCUT2D eigenvalue weighted by atomic mass is 35.5. The fourth-order valence-electron chi connectivity index (χ4n) is 1.07. The summed E-state index contributed by atoms with van der Waals surface area (Å²) in [5, 5.41) is 16.1. The van der Waals surface area contributed by atoms with E-state index in [4.69, 9.17) is 16.7 Å². The minimum absolute atomic E-state index is 0.0486. The standard InChI is InChI=1S/C7H4ClN3O2/c8-7-10-9-5-3-1-2-4(6(12)13)11(5)7/h1-3H,(H,12,13). The summed E-state index contributed by atoms with van der Waals surface area (Å²) in [7, 11) is 0. The number of hydrogen-bond acceptors (Lipinski definition) is 3. The van der Waals surface area contributed by atoms with E-state index in [9.17, 15) is 4.79 Å². The summed E-state index contributed by atoms with van der Waals surface area (Å²) in [5.41, 5.74) is 0.470. The summed E-state index contributed by atoms with van der Waals surface area (Å²) in [4.78, 5) is 10.7. The number of halogens is 1. The molecule has 5 nitrogen and oxygen atoms in total. The lowest BCUT2D eigenvalue weighted by molar-refractivity contribution is 0.0689. The maximum absolute atomic E-state index is 10.7. The van der Waals surface area contributed by atoms with Gasteiger partial charge in [0.2, 0.25) is 5.28 Å². The van der Waals surface area contributed by atoms with Gasteiger partial charge in [0, 0.05) is 0 Å². The van der Waals surface area contributed by atoms with Crippen molar-refractivity contribution in [3.05, 3.63) is 29.2 Å². The zero-order valence-electron chi connectivity index (χ0n) is 6.31. The molecule has 13 heavy (non-hydrogen) atoms. The highest BCUT2D eigenvalue weighted by Crippen LogP contribution is 2.12. The second-order valence-corrected chi connectivity index (χ2v) is 2.72. The SMILES string of the molecule is O=C(O)c1cccc2nnc(Cl)n12. The smallest absolute Gasteiger partial charge is 0.353 e. The molecule has 0 bridgehead atoms. The van der Waals surface area contributed by atoms with Crippen LogP contribution in [-0.2, 0) is 0 Å². The van der Waals surface area contributed by atoms with Crippen LogP contribution in [-0.4, -0.2) is 25.7 Å². The van der Waals surface area contributed by atoms with E-state index in [1.165, 1.54) is 10.5 Å². The Kier molecular flexibility index (Phi) is 1.66. The average molecular weight is 198 g/mol.